The third-order valence-corrected chi connectivity index (χ3v) is 3.14. The van der Waals surface area contributed by atoms with Crippen molar-refractivity contribution >= 4 is 27.7 Å². The number of methoxy groups -OCH3 is 1. The quantitative estimate of drug-likeness (QED) is 0.907. The summed E-state index contributed by atoms with van der Waals surface area (Å²) >= 11 is 3.35. The molecule has 98 valence electrons. The Labute approximate surface area is 118 Å². The van der Waals surface area contributed by atoms with Gasteiger partial charge < -0.3 is 15.6 Å². The van der Waals surface area contributed by atoms with Crippen LogP contribution in [-0.4, -0.2) is 23.2 Å². The Morgan fingerprint density at radius 2 is 2.11 bits per heavy atom. The number of nitrogens with two attached hydrogens (primary N) is 1. The van der Waals surface area contributed by atoms with Crippen molar-refractivity contribution in [2.45, 2.75) is 0 Å². The smallest absolute Gasteiger partial charge is 0.340 e. The van der Waals surface area contributed by atoms with Gasteiger partial charge in [-0.25, -0.2) is 9.78 Å². The van der Waals surface area contributed by atoms with Crippen LogP contribution in [0.2, 0.25) is 0 Å². The number of pyridine rings is 1. The summed E-state index contributed by atoms with van der Waals surface area (Å²) in [6.45, 7) is 0. The molecule has 0 saturated heterocycles. The number of aromatic nitrogens is 1. The van der Waals surface area contributed by atoms with Gasteiger partial charge in [-0.1, -0.05) is 15.9 Å². The number of halogens is 1. The molecular weight excluding hydrogens is 312 g/mol. The maximum atomic E-state index is 11.3. The molecule has 2 rings (SSSR count). The summed E-state index contributed by atoms with van der Waals surface area (Å²) in [5.41, 5.74) is 6.73. The average molecular weight is 323 g/mol. The Balaban J connectivity index is 2.75. The number of hydrogen-bond donors (Lipinski definition) is 2. The zero-order valence-corrected chi connectivity index (χ0v) is 11.6. The lowest BCUT2D eigenvalue weighted by Gasteiger charge is -2.12. The molecule has 6 heteroatoms. The van der Waals surface area contributed by atoms with Crippen molar-refractivity contribution in [3.63, 3.8) is 0 Å². The molecule has 0 aliphatic heterocycles. The Bertz CT molecular complexity index is 644. The van der Waals surface area contributed by atoms with E-state index in [1.54, 1.807) is 18.2 Å². The highest BCUT2D eigenvalue weighted by Gasteiger charge is 2.18. The van der Waals surface area contributed by atoms with Crippen LogP contribution in [0.15, 0.2) is 34.9 Å². The van der Waals surface area contributed by atoms with E-state index in [2.05, 4.69) is 20.9 Å². The molecule has 0 atom stereocenters. The van der Waals surface area contributed by atoms with Crippen LogP contribution in [-0.2, 0) is 0 Å². The zero-order chi connectivity index (χ0) is 14.0. The first-order chi connectivity index (χ1) is 9.04. The monoisotopic (exact) mass is 322 g/mol. The Kier molecular flexibility index (Phi) is 3.71. The van der Waals surface area contributed by atoms with E-state index in [4.69, 9.17) is 10.5 Å². The van der Waals surface area contributed by atoms with E-state index in [9.17, 15) is 9.90 Å². The van der Waals surface area contributed by atoms with Crippen LogP contribution in [0.4, 0.5) is 5.82 Å². The van der Waals surface area contributed by atoms with E-state index in [0.717, 1.165) is 4.47 Å². The summed E-state index contributed by atoms with van der Waals surface area (Å²) < 4.78 is 6.07. The van der Waals surface area contributed by atoms with Gasteiger partial charge in [-0.2, -0.15) is 0 Å². The number of benzene rings is 1. The van der Waals surface area contributed by atoms with Crippen molar-refractivity contribution < 1.29 is 14.6 Å². The van der Waals surface area contributed by atoms with Gasteiger partial charge in [-0.05, 0) is 24.3 Å². The van der Waals surface area contributed by atoms with Gasteiger partial charge in [0.2, 0.25) is 0 Å². The summed E-state index contributed by atoms with van der Waals surface area (Å²) in [4.78, 5) is 15.1. The predicted octanol–water partition coefficient (Wildman–Crippen LogP) is 2.80. The molecule has 0 spiro atoms. The number of nitrogens with zero attached hydrogens (tertiary/aromatic N) is 1. The molecule has 0 radical (unpaired) electrons. The fourth-order valence-electron chi connectivity index (χ4n) is 1.82. The highest BCUT2D eigenvalue weighted by atomic mass is 79.9. The van der Waals surface area contributed by atoms with Crippen LogP contribution in [0, 0.1) is 0 Å². The number of carboxylic acid groups (broad SMARTS) is 1. The number of hydrogen-bond acceptors (Lipinski definition) is 4. The van der Waals surface area contributed by atoms with Gasteiger partial charge in [0.25, 0.3) is 0 Å². The van der Waals surface area contributed by atoms with Crippen molar-refractivity contribution in [1.82, 2.24) is 4.98 Å². The van der Waals surface area contributed by atoms with Crippen molar-refractivity contribution in [2.75, 3.05) is 12.8 Å². The number of aromatic carboxylic acids is 1. The van der Waals surface area contributed by atoms with Crippen LogP contribution in [0.25, 0.3) is 11.1 Å². The topological polar surface area (TPSA) is 85.4 Å². The van der Waals surface area contributed by atoms with E-state index >= 15 is 0 Å². The summed E-state index contributed by atoms with van der Waals surface area (Å²) in [7, 11) is 1.53. The third-order valence-electron chi connectivity index (χ3n) is 2.65. The minimum Gasteiger partial charge on any atom is -0.496 e. The standard InChI is InChI=1S/C13H11BrN2O3/c1-19-10-3-2-7(14)6-9(10)8-4-5-16-12(15)11(8)13(17)18/h2-6H,1H3,(H2,15,16)(H,17,18). The largest absolute Gasteiger partial charge is 0.496 e. The molecular formula is C13H11BrN2O3. The zero-order valence-electron chi connectivity index (χ0n) is 10.1. The van der Waals surface area contributed by atoms with Gasteiger partial charge in [-0.15, -0.1) is 0 Å². The van der Waals surface area contributed by atoms with Crippen LogP contribution in [0.5, 0.6) is 5.75 Å². The third kappa shape index (κ3) is 2.53. The SMILES string of the molecule is COc1ccc(Br)cc1-c1ccnc(N)c1C(=O)O. The molecule has 1 aromatic heterocycles. The maximum Gasteiger partial charge on any atom is 0.340 e. The van der Waals surface area contributed by atoms with Crippen molar-refractivity contribution in [3.8, 4) is 16.9 Å². The lowest BCUT2D eigenvalue weighted by molar-refractivity contribution is 0.0698. The first-order valence-corrected chi connectivity index (χ1v) is 6.15. The van der Waals surface area contributed by atoms with Crippen LogP contribution in [0.3, 0.4) is 0 Å². The molecule has 0 saturated carbocycles. The Hall–Kier alpha value is -2.08. The summed E-state index contributed by atoms with van der Waals surface area (Å²) in [5.74, 6) is -0.578. The van der Waals surface area contributed by atoms with Gasteiger partial charge in [0.05, 0.1) is 7.11 Å². The summed E-state index contributed by atoms with van der Waals surface area (Å²) in [6.07, 6.45) is 1.47. The number of carbonyl (C=O) groups is 1. The van der Waals surface area contributed by atoms with Crippen LogP contribution < -0.4 is 10.5 Å². The lowest BCUT2D eigenvalue weighted by atomic mass is 10.00. The summed E-state index contributed by atoms with van der Waals surface area (Å²) in [5, 5.41) is 9.27. The highest BCUT2D eigenvalue weighted by Crippen LogP contribution is 2.35. The molecule has 19 heavy (non-hydrogen) atoms. The summed E-state index contributed by atoms with van der Waals surface area (Å²) in [6, 6.07) is 6.94. The second-order valence-electron chi connectivity index (χ2n) is 3.77. The van der Waals surface area contributed by atoms with E-state index in [0.29, 0.717) is 16.9 Å². The molecule has 0 bridgehead atoms. The molecule has 0 unspecified atom stereocenters. The fourth-order valence-corrected chi connectivity index (χ4v) is 2.18. The molecule has 0 aliphatic rings. The fraction of sp³-hybridized carbons (Fsp3) is 0.0769. The molecule has 5 nitrogen and oxygen atoms in total. The molecule has 1 aromatic carbocycles. The second-order valence-corrected chi connectivity index (χ2v) is 4.68. The van der Waals surface area contributed by atoms with Gasteiger partial charge >= 0.3 is 5.97 Å². The van der Waals surface area contributed by atoms with E-state index < -0.39 is 5.97 Å². The second kappa shape index (κ2) is 5.27. The molecule has 0 aliphatic carbocycles. The Morgan fingerprint density at radius 3 is 2.74 bits per heavy atom. The highest BCUT2D eigenvalue weighted by molar-refractivity contribution is 9.10. The van der Waals surface area contributed by atoms with Gasteiger partial charge in [0.1, 0.15) is 17.1 Å². The molecule has 0 amide bonds. The van der Waals surface area contributed by atoms with Gasteiger partial charge in [0.15, 0.2) is 0 Å². The number of anilines is 1. The van der Waals surface area contributed by atoms with Gasteiger partial charge in [0, 0.05) is 21.8 Å². The Morgan fingerprint density at radius 1 is 1.37 bits per heavy atom. The number of ether oxygens (including phenoxy) is 1. The van der Waals surface area contributed by atoms with Crippen molar-refractivity contribution in [1.29, 1.82) is 0 Å². The average Bonchev–Trinajstić information content (AvgIpc) is 2.37. The van der Waals surface area contributed by atoms with Crippen molar-refractivity contribution in [3.05, 3.63) is 40.5 Å². The maximum absolute atomic E-state index is 11.3. The lowest BCUT2D eigenvalue weighted by Crippen LogP contribution is -2.07. The van der Waals surface area contributed by atoms with Crippen LogP contribution in [0.1, 0.15) is 10.4 Å². The first kappa shape index (κ1) is 13.4. The number of nitrogen functional groups attached to an aromatic ring is 1. The van der Waals surface area contributed by atoms with Gasteiger partial charge in [-0.3, -0.25) is 0 Å². The minimum absolute atomic E-state index is 0.0213. The molecule has 0 fully saturated rings. The van der Waals surface area contributed by atoms with E-state index in [1.165, 1.54) is 13.3 Å². The van der Waals surface area contributed by atoms with Crippen LogP contribution >= 0.6 is 15.9 Å². The first-order valence-electron chi connectivity index (χ1n) is 5.36. The normalized spacial score (nSPS) is 10.2. The van der Waals surface area contributed by atoms with E-state index in [1.807, 2.05) is 6.07 Å². The molecule has 1 heterocycles. The van der Waals surface area contributed by atoms with E-state index in [-0.39, 0.29) is 11.4 Å². The number of carboxylic acids is 1. The van der Waals surface area contributed by atoms with Crippen molar-refractivity contribution in [2.24, 2.45) is 0 Å². The predicted molar refractivity (Wildman–Crippen MR) is 75.3 cm³/mol. The minimum atomic E-state index is -1.12. The number of rotatable bonds is 3. The molecule has 2 aromatic rings. The molecule has 3 N–H and O–H groups in total.